The van der Waals surface area contributed by atoms with Gasteiger partial charge < -0.3 is 14.4 Å². The van der Waals surface area contributed by atoms with Gasteiger partial charge in [0.1, 0.15) is 29.3 Å². The van der Waals surface area contributed by atoms with Gasteiger partial charge in [0.15, 0.2) is 0 Å². The van der Waals surface area contributed by atoms with Crippen molar-refractivity contribution in [2.75, 3.05) is 32.7 Å². The highest BCUT2D eigenvalue weighted by atomic mass is 19.1. The Hall–Kier alpha value is -2.35. The zero-order chi connectivity index (χ0) is 23.6. The lowest BCUT2D eigenvalue weighted by Gasteiger charge is -2.37. The molecule has 33 heavy (non-hydrogen) atoms. The third-order valence-electron chi connectivity index (χ3n) is 6.71. The number of likely N-dealkylation sites (tertiary alicyclic amines) is 1. The first-order valence-electron chi connectivity index (χ1n) is 12.1. The molecule has 2 atom stereocenters. The number of amides is 2. The fraction of sp³-hybridized carbons (Fsp3) is 0.680. The minimum atomic E-state index is -0.669. The summed E-state index contributed by atoms with van der Waals surface area (Å²) in [6.45, 7) is 8.90. The molecule has 1 aliphatic carbocycles. The minimum absolute atomic E-state index is 0.0540. The monoisotopic (exact) mass is 461 g/mol. The molecular weight excluding hydrogens is 425 g/mol. The van der Waals surface area contributed by atoms with E-state index in [1.807, 2.05) is 25.7 Å². The first-order chi connectivity index (χ1) is 15.7. The van der Waals surface area contributed by atoms with Gasteiger partial charge in [0, 0.05) is 44.7 Å². The summed E-state index contributed by atoms with van der Waals surface area (Å²) in [4.78, 5) is 32.5. The average Bonchev–Trinajstić information content (AvgIpc) is 2.96. The average molecular weight is 462 g/mol. The van der Waals surface area contributed by atoms with Gasteiger partial charge in [-0.2, -0.15) is 0 Å². The van der Waals surface area contributed by atoms with Crippen LogP contribution in [0.4, 0.5) is 9.18 Å². The molecule has 3 aliphatic rings. The van der Waals surface area contributed by atoms with Crippen LogP contribution in [-0.4, -0.2) is 83.2 Å². The minimum Gasteiger partial charge on any atom is -0.488 e. The first-order valence-corrected chi connectivity index (χ1v) is 12.1. The Morgan fingerprint density at radius 2 is 1.85 bits per heavy atom. The second-order valence-electron chi connectivity index (χ2n) is 10.4. The van der Waals surface area contributed by atoms with Gasteiger partial charge in [-0.05, 0) is 52.2 Å². The van der Waals surface area contributed by atoms with E-state index in [0.29, 0.717) is 31.3 Å². The molecule has 1 aromatic rings. The summed E-state index contributed by atoms with van der Waals surface area (Å²) in [6.07, 6.45) is 4.17. The highest BCUT2D eigenvalue weighted by Crippen LogP contribution is 2.29. The van der Waals surface area contributed by atoms with Crippen LogP contribution in [0.25, 0.3) is 0 Å². The van der Waals surface area contributed by atoms with Crippen molar-refractivity contribution in [2.24, 2.45) is 0 Å². The predicted octanol–water partition coefficient (Wildman–Crippen LogP) is 3.67. The predicted molar refractivity (Wildman–Crippen MR) is 123 cm³/mol. The van der Waals surface area contributed by atoms with E-state index in [-0.39, 0.29) is 18.3 Å². The lowest BCUT2D eigenvalue weighted by molar-refractivity contribution is -0.135. The van der Waals surface area contributed by atoms with Gasteiger partial charge in [-0.25, -0.2) is 9.18 Å². The summed E-state index contributed by atoms with van der Waals surface area (Å²) >= 11 is 0. The van der Waals surface area contributed by atoms with Gasteiger partial charge in [0.2, 0.25) is 5.91 Å². The smallest absolute Gasteiger partial charge is 0.411 e. The number of halogens is 1. The molecule has 0 radical (unpaired) electrons. The fourth-order valence-corrected chi connectivity index (χ4v) is 4.86. The Bertz CT molecular complexity index is 854. The van der Waals surface area contributed by atoms with Crippen molar-refractivity contribution in [2.45, 2.75) is 76.7 Å². The second-order valence-corrected chi connectivity index (χ2v) is 10.4. The molecular formula is C25H36FN3O4. The zero-order valence-corrected chi connectivity index (χ0v) is 20.0. The zero-order valence-electron chi connectivity index (χ0n) is 20.0. The molecule has 0 spiro atoms. The van der Waals surface area contributed by atoms with E-state index in [1.165, 1.54) is 36.3 Å². The fourth-order valence-electron chi connectivity index (χ4n) is 4.86. The van der Waals surface area contributed by atoms with Crippen molar-refractivity contribution in [1.82, 2.24) is 14.7 Å². The highest BCUT2D eigenvalue weighted by Gasteiger charge is 2.44. The van der Waals surface area contributed by atoms with Gasteiger partial charge in [-0.1, -0.05) is 12.5 Å². The molecule has 0 aromatic heterocycles. The maximum Gasteiger partial charge on any atom is 0.411 e. The van der Waals surface area contributed by atoms with Gasteiger partial charge in [-0.3, -0.25) is 14.6 Å². The third-order valence-corrected chi connectivity index (χ3v) is 6.71. The molecule has 4 rings (SSSR count). The van der Waals surface area contributed by atoms with E-state index in [0.717, 1.165) is 19.5 Å². The van der Waals surface area contributed by atoms with Crippen molar-refractivity contribution >= 4 is 12.0 Å². The molecule has 7 nitrogen and oxygen atoms in total. The normalized spacial score (nSPS) is 24.8. The standard InChI is InChI=1S/C25H36FN3O4/c1-25(2,3)33-24(31)29-17-21(32-20-10-4-7-18(26)15-20)16-22(29)23(30)28-12-6-11-27(13-14-28)19-8-5-9-19/h4,7,10,15,19,21-22H,5-6,8-9,11-14,16-17H2,1-3H3/t21-,22-/m0/s1. The van der Waals surface area contributed by atoms with E-state index < -0.39 is 23.8 Å². The van der Waals surface area contributed by atoms with Crippen molar-refractivity contribution < 1.29 is 23.5 Å². The highest BCUT2D eigenvalue weighted by molar-refractivity contribution is 5.86. The molecule has 182 valence electrons. The summed E-state index contributed by atoms with van der Waals surface area (Å²) in [7, 11) is 0. The van der Waals surface area contributed by atoms with E-state index in [9.17, 15) is 14.0 Å². The van der Waals surface area contributed by atoms with Crippen LogP contribution < -0.4 is 4.74 Å². The van der Waals surface area contributed by atoms with Crippen molar-refractivity contribution in [3.63, 3.8) is 0 Å². The molecule has 3 fully saturated rings. The van der Waals surface area contributed by atoms with Crippen LogP contribution in [0.2, 0.25) is 0 Å². The Kier molecular flexibility index (Phi) is 7.12. The van der Waals surface area contributed by atoms with E-state index >= 15 is 0 Å². The molecule has 2 aliphatic heterocycles. The molecule has 2 amide bonds. The largest absolute Gasteiger partial charge is 0.488 e. The van der Waals surface area contributed by atoms with Gasteiger partial charge >= 0.3 is 6.09 Å². The lowest BCUT2D eigenvalue weighted by atomic mass is 9.91. The van der Waals surface area contributed by atoms with Crippen LogP contribution in [0, 0.1) is 5.82 Å². The molecule has 1 saturated carbocycles. The summed E-state index contributed by atoms with van der Waals surface area (Å²) < 4.78 is 25.2. The van der Waals surface area contributed by atoms with Gasteiger partial charge in [-0.15, -0.1) is 0 Å². The number of carbonyl (C=O) groups is 2. The quantitative estimate of drug-likeness (QED) is 0.685. The molecule has 8 heteroatoms. The number of ether oxygens (including phenoxy) is 2. The molecule has 2 heterocycles. The summed E-state index contributed by atoms with van der Waals surface area (Å²) in [5.41, 5.74) is -0.669. The number of benzene rings is 1. The number of carbonyl (C=O) groups excluding carboxylic acids is 2. The Morgan fingerprint density at radius 3 is 2.52 bits per heavy atom. The number of rotatable bonds is 4. The SMILES string of the molecule is CC(C)(C)OC(=O)N1C[C@@H](Oc2cccc(F)c2)C[C@H]1C(=O)N1CCCN(C2CCC2)CC1. The van der Waals surface area contributed by atoms with Gasteiger partial charge in [0.05, 0.1) is 6.54 Å². The molecule has 0 N–H and O–H groups in total. The summed E-state index contributed by atoms with van der Waals surface area (Å²) in [5, 5.41) is 0. The van der Waals surface area contributed by atoms with E-state index in [1.54, 1.807) is 12.1 Å². The maximum absolute atomic E-state index is 13.6. The number of nitrogens with zero attached hydrogens (tertiary/aromatic N) is 3. The maximum atomic E-state index is 13.6. The van der Waals surface area contributed by atoms with Crippen molar-refractivity contribution in [1.29, 1.82) is 0 Å². The van der Waals surface area contributed by atoms with Gasteiger partial charge in [0.25, 0.3) is 0 Å². The summed E-state index contributed by atoms with van der Waals surface area (Å²) in [5.74, 6) is -0.0486. The lowest BCUT2D eigenvalue weighted by Crippen LogP contribution is -2.50. The van der Waals surface area contributed by atoms with Crippen molar-refractivity contribution in [3.8, 4) is 5.75 Å². The number of hydrogen-bond acceptors (Lipinski definition) is 5. The molecule has 2 saturated heterocycles. The van der Waals surface area contributed by atoms with Crippen molar-refractivity contribution in [3.05, 3.63) is 30.1 Å². The van der Waals surface area contributed by atoms with E-state index in [2.05, 4.69) is 4.90 Å². The van der Waals surface area contributed by atoms with Crippen LogP contribution in [0.3, 0.4) is 0 Å². The van der Waals surface area contributed by atoms with Crippen LogP contribution >= 0.6 is 0 Å². The molecule has 0 unspecified atom stereocenters. The van der Waals surface area contributed by atoms with E-state index in [4.69, 9.17) is 9.47 Å². The number of hydrogen-bond donors (Lipinski definition) is 0. The second kappa shape index (κ2) is 9.87. The first kappa shape index (κ1) is 23.8. The topological polar surface area (TPSA) is 62.3 Å². The van der Waals surface area contributed by atoms with Crippen LogP contribution in [0.15, 0.2) is 24.3 Å². The van der Waals surface area contributed by atoms with Crippen LogP contribution in [0.1, 0.15) is 52.9 Å². The van der Waals surface area contributed by atoms with Crippen LogP contribution in [0.5, 0.6) is 5.75 Å². The summed E-state index contributed by atoms with van der Waals surface area (Å²) in [6, 6.07) is 5.95. The Morgan fingerprint density at radius 1 is 1.06 bits per heavy atom. The third kappa shape index (κ3) is 5.96. The Balaban J connectivity index is 1.46. The van der Waals surface area contributed by atoms with Crippen LogP contribution in [-0.2, 0) is 9.53 Å². The molecule has 1 aromatic carbocycles. The Labute approximate surface area is 195 Å². The molecule has 0 bridgehead atoms.